The van der Waals surface area contributed by atoms with E-state index in [4.69, 9.17) is 0 Å². The third-order valence-electron chi connectivity index (χ3n) is 5.16. The van der Waals surface area contributed by atoms with Crippen molar-refractivity contribution < 1.29 is 4.92 Å². The monoisotopic (exact) mass is 247 g/mol. The first-order valence-electron chi connectivity index (χ1n) is 6.39. The third-order valence-corrected chi connectivity index (χ3v) is 5.16. The zero-order valence-electron chi connectivity index (χ0n) is 11.7. The second-order valence-corrected chi connectivity index (χ2v) is 6.56. The average Bonchev–Trinajstić information content (AvgIpc) is 2.26. The van der Waals surface area contributed by atoms with Crippen LogP contribution in [-0.4, -0.2) is 11.0 Å². The average molecular weight is 247 g/mol. The zero-order chi connectivity index (χ0) is 13.7. The van der Waals surface area contributed by atoms with Crippen molar-refractivity contribution in [2.24, 2.45) is 10.8 Å². The molecule has 0 bridgehead atoms. The largest absolute Gasteiger partial charge is 0.264 e. The molecule has 3 nitrogen and oxygen atoms in total. The maximum Gasteiger partial charge on any atom is 0.225 e. The van der Waals surface area contributed by atoms with Gasteiger partial charge in [0.25, 0.3) is 0 Å². The molecule has 1 saturated carbocycles. The first-order valence-corrected chi connectivity index (χ1v) is 6.39. The van der Waals surface area contributed by atoms with Gasteiger partial charge in [0.15, 0.2) is 0 Å². The number of benzene rings is 1. The van der Waals surface area contributed by atoms with Crippen LogP contribution in [0.1, 0.15) is 44.7 Å². The van der Waals surface area contributed by atoms with Crippen LogP contribution in [0.15, 0.2) is 24.3 Å². The van der Waals surface area contributed by atoms with Crippen LogP contribution < -0.4 is 0 Å². The molecule has 0 aliphatic heterocycles. The minimum absolute atomic E-state index is 0.00287. The molecule has 0 N–H and O–H groups in total. The van der Waals surface area contributed by atoms with Gasteiger partial charge in [-0.05, 0) is 17.9 Å². The van der Waals surface area contributed by atoms with Gasteiger partial charge in [0.1, 0.15) is 0 Å². The Hall–Kier alpha value is -1.38. The van der Waals surface area contributed by atoms with Gasteiger partial charge >= 0.3 is 0 Å². The van der Waals surface area contributed by atoms with Crippen molar-refractivity contribution in [3.63, 3.8) is 0 Å². The van der Waals surface area contributed by atoms with Gasteiger partial charge in [0.2, 0.25) is 6.04 Å². The van der Waals surface area contributed by atoms with E-state index in [2.05, 4.69) is 13.8 Å². The Labute approximate surface area is 108 Å². The summed E-state index contributed by atoms with van der Waals surface area (Å²) in [6, 6.07) is 7.65. The topological polar surface area (TPSA) is 43.1 Å². The van der Waals surface area contributed by atoms with Crippen LogP contribution >= 0.6 is 0 Å². The van der Waals surface area contributed by atoms with Crippen molar-refractivity contribution in [2.45, 2.75) is 46.6 Å². The Morgan fingerprint density at radius 1 is 1.06 bits per heavy atom. The Morgan fingerprint density at radius 3 is 2.00 bits per heavy atom. The van der Waals surface area contributed by atoms with Crippen LogP contribution in [0, 0.1) is 27.9 Å². The van der Waals surface area contributed by atoms with Crippen molar-refractivity contribution in [2.75, 3.05) is 0 Å². The highest BCUT2D eigenvalue weighted by atomic mass is 16.6. The van der Waals surface area contributed by atoms with E-state index < -0.39 is 6.04 Å². The summed E-state index contributed by atoms with van der Waals surface area (Å²) >= 11 is 0. The fraction of sp³-hybridized carbons (Fsp3) is 0.600. The van der Waals surface area contributed by atoms with Crippen molar-refractivity contribution in [3.8, 4) is 0 Å². The highest BCUT2D eigenvalue weighted by molar-refractivity contribution is 5.33. The maximum atomic E-state index is 11.3. The van der Waals surface area contributed by atoms with Crippen molar-refractivity contribution in [1.29, 1.82) is 0 Å². The van der Waals surface area contributed by atoms with E-state index in [0.29, 0.717) is 0 Å². The van der Waals surface area contributed by atoms with Crippen molar-refractivity contribution in [1.82, 2.24) is 0 Å². The highest BCUT2D eigenvalue weighted by Crippen LogP contribution is 2.65. The molecule has 1 aromatic carbocycles. The third kappa shape index (κ3) is 1.57. The van der Waals surface area contributed by atoms with E-state index in [0.717, 1.165) is 5.56 Å². The van der Waals surface area contributed by atoms with E-state index in [1.54, 1.807) is 0 Å². The van der Waals surface area contributed by atoms with Crippen LogP contribution in [-0.2, 0) is 0 Å². The van der Waals surface area contributed by atoms with Gasteiger partial charge in [0, 0.05) is 10.3 Å². The van der Waals surface area contributed by atoms with Crippen LogP contribution in [0.4, 0.5) is 0 Å². The smallest absolute Gasteiger partial charge is 0.225 e. The molecule has 0 aromatic heterocycles. The number of hydrogen-bond acceptors (Lipinski definition) is 2. The highest BCUT2D eigenvalue weighted by Gasteiger charge is 2.69. The van der Waals surface area contributed by atoms with Gasteiger partial charge in [-0.3, -0.25) is 10.1 Å². The van der Waals surface area contributed by atoms with Gasteiger partial charge in [-0.1, -0.05) is 57.5 Å². The molecule has 0 spiro atoms. The summed E-state index contributed by atoms with van der Waals surface area (Å²) in [5, 5.41) is 11.3. The molecule has 0 amide bonds. The van der Waals surface area contributed by atoms with Gasteiger partial charge in [-0.25, -0.2) is 0 Å². The van der Waals surface area contributed by atoms with Crippen LogP contribution in [0.5, 0.6) is 0 Å². The van der Waals surface area contributed by atoms with E-state index in [1.165, 1.54) is 5.56 Å². The van der Waals surface area contributed by atoms with E-state index in [-0.39, 0.29) is 21.7 Å². The Kier molecular flexibility index (Phi) is 2.76. The number of hydrogen-bond donors (Lipinski definition) is 0. The fourth-order valence-corrected chi connectivity index (χ4v) is 3.26. The molecule has 1 aliphatic rings. The molecule has 2 atom stereocenters. The lowest BCUT2D eigenvalue weighted by molar-refractivity contribution is -0.579. The van der Waals surface area contributed by atoms with Crippen molar-refractivity contribution in [3.05, 3.63) is 45.5 Å². The molecule has 0 radical (unpaired) electrons. The molecule has 0 heterocycles. The minimum atomic E-state index is -0.491. The van der Waals surface area contributed by atoms with Crippen LogP contribution in [0.2, 0.25) is 0 Å². The minimum Gasteiger partial charge on any atom is -0.264 e. The molecule has 18 heavy (non-hydrogen) atoms. The standard InChI is InChI=1S/C15H21NO2/c1-10-6-8-11(9-7-10)12-13(16(17)18)15(4,5)14(12,2)3/h6-9,12-13H,1-5H3/t12-,13-/m0/s1. The predicted octanol–water partition coefficient (Wildman–Crippen LogP) is 3.79. The molecule has 3 heteroatoms. The second-order valence-electron chi connectivity index (χ2n) is 6.56. The molecule has 2 rings (SSSR count). The number of nitrogens with zero attached hydrogens (tertiary/aromatic N) is 1. The Balaban J connectivity index is 2.43. The fourth-order valence-electron chi connectivity index (χ4n) is 3.26. The lowest BCUT2D eigenvalue weighted by Crippen LogP contribution is -2.64. The summed E-state index contributed by atoms with van der Waals surface area (Å²) in [5.74, 6) is 0.00287. The van der Waals surface area contributed by atoms with Gasteiger partial charge in [-0.15, -0.1) is 0 Å². The molecular weight excluding hydrogens is 226 g/mol. The van der Waals surface area contributed by atoms with Crippen LogP contribution in [0.25, 0.3) is 0 Å². The molecule has 98 valence electrons. The quantitative estimate of drug-likeness (QED) is 0.589. The Morgan fingerprint density at radius 2 is 1.56 bits per heavy atom. The van der Waals surface area contributed by atoms with Crippen molar-refractivity contribution >= 4 is 0 Å². The second kappa shape index (κ2) is 3.81. The number of aryl methyl sites for hydroxylation is 1. The summed E-state index contributed by atoms with van der Waals surface area (Å²) in [6.45, 7) is 10.3. The van der Waals surface area contributed by atoms with Gasteiger partial charge in [0.05, 0.1) is 5.92 Å². The zero-order valence-corrected chi connectivity index (χ0v) is 11.7. The summed E-state index contributed by atoms with van der Waals surface area (Å²) in [5.41, 5.74) is 1.95. The molecule has 1 fully saturated rings. The van der Waals surface area contributed by atoms with E-state index in [9.17, 15) is 10.1 Å². The summed E-state index contributed by atoms with van der Waals surface area (Å²) in [6.07, 6.45) is 0. The predicted molar refractivity (Wildman–Crippen MR) is 72.3 cm³/mol. The first-order chi connectivity index (χ1) is 8.19. The SMILES string of the molecule is Cc1ccc([C@H]2[C@H]([N+](=O)[O-])C(C)(C)C2(C)C)cc1. The van der Waals surface area contributed by atoms with E-state index in [1.807, 2.05) is 45.0 Å². The molecular formula is C15H21NO2. The van der Waals surface area contributed by atoms with Crippen LogP contribution in [0.3, 0.4) is 0 Å². The molecule has 0 saturated heterocycles. The summed E-state index contributed by atoms with van der Waals surface area (Å²) in [7, 11) is 0. The Bertz CT molecular complexity index is 474. The molecule has 1 aromatic rings. The lowest BCUT2D eigenvalue weighted by atomic mass is 9.42. The summed E-state index contributed by atoms with van der Waals surface area (Å²) < 4.78 is 0. The summed E-state index contributed by atoms with van der Waals surface area (Å²) in [4.78, 5) is 11.2. The van der Waals surface area contributed by atoms with Gasteiger partial charge in [-0.2, -0.15) is 0 Å². The van der Waals surface area contributed by atoms with Gasteiger partial charge < -0.3 is 0 Å². The lowest BCUT2D eigenvalue weighted by Gasteiger charge is -2.59. The number of rotatable bonds is 2. The van der Waals surface area contributed by atoms with E-state index >= 15 is 0 Å². The molecule has 1 aliphatic carbocycles. The number of nitro groups is 1. The maximum absolute atomic E-state index is 11.3. The first kappa shape index (κ1) is 13.1. The normalized spacial score (nSPS) is 28.5. The molecule has 0 unspecified atom stereocenters.